The van der Waals surface area contributed by atoms with Gasteiger partial charge in [0.1, 0.15) is 0 Å². The fourth-order valence-electron chi connectivity index (χ4n) is 2.80. The molecule has 0 spiro atoms. The van der Waals surface area contributed by atoms with E-state index in [1.807, 2.05) is 12.2 Å². The number of fused-ring (bicyclic) bond motifs is 1. The lowest BCUT2D eigenvalue weighted by Crippen LogP contribution is -2.35. The molecule has 0 radical (unpaired) electrons. The molecule has 0 amide bonds. The molecule has 0 N–H and O–H groups in total. The lowest BCUT2D eigenvalue weighted by molar-refractivity contribution is 0.609. The van der Waals surface area contributed by atoms with Crippen LogP contribution in [0.3, 0.4) is 0 Å². The van der Waals surface area contributed by atoms with Gasteiger partial charge in [-0.15, -0.1) is 0 Å². The topological polar surface area (TPSA) is 3.24 Å². The molecule has 0 aliphatic carbocycles. The summed E-state index contributed by atoms with van der Waals surface area (Å²) in [6, 6.07) is 8.55. The van der Waals surface area contributed by atoms with E-state index in [9.17, 15) is 0 Å². The van der Waals surface area contributed by atoms with E-state index >= 15 is 0 Å². The van der Waals surface area contributed by atoms with Gasteiger partial charge in [-0.2, -0.15) is 0 Å². The summed E-state index contributed by atoms with van der Waals surface area (Å²) in [5, 5.41) is 0. The molecule has 0 fully saturated rings. The Labute approximate surface area is 116 Å². The van der Waals surface area contributed by atoms with Crippen LogP contribution in [0.15, 0.2) is 73.0 Å². The van der Waals surface area contributed by atoms with Gasteiger partial charge in [0.25, 0.3) is 0 Å². The maximum absolute atomic E-state index is 3.85. The third-order valence-electron chi connectivity index (χ3n) is 3.81. The number of nitrogens with zero attached hydrogens (tertiary/aromatic N) is 1. The van der Waals surface area contributed by atoms with E-state index < -0.39 is 0 Å². The fourth-order valence-corrected chi connectivity index (χ4v) is 2.80. The minimum Gasteiger partial charge on any atom is -0.344 e. The molecule has 1 aromatic rings. The quantitative estimate of drug-likeness (QED) is 0.742. The van der Waals surface area contributed by atoms with Crippen molar-refractivity contribution < 1.29 is 0 Å². The summed E-state index contributed by atoms with van der Waals surface area (Å²) in [4.78, 5) is 2.22. The Balaban J connectivity index is 2.77. The number of allylic oxidation sites excluding steroid dienone is 5. The van der Waals surface area contributed by atoms with Crippen LogP contribution in [0, 0.1) is 0 Å². The van der Waals surface area contributed by atoms with Gasteiger partial charge in [0, 0.05) is 23.8 Å². The Bertz CT molecular complexity index is 573. The molecular formula is C18H21N. The molecule has 0 aromatic heterocycles. The van der Waals surface area contributed by atoms with Crippen molar-refractivity contribution in [2.75, 3.05) is 11.9 Å². The van der Waals surface area contributed by atoms with Gasteiger partial charge < -0.3 is 4.90 Å². The van der Waals surface area contributed by atoms with E-state index in [4.69, 9.17) is 0 Å². The summed E-state index contributed by atoms with van der Waals surface area (Å²) < 4.78 is 0. The first-order chi connectivity index (χ1) is 9.04. The lowest BCUT2D eigenvalue weighted by Gasteiger charge is -2.42. The van der Waals surface area contributed by atoms with Crippen LogP contribution in [0.5, 0.6) is 0 Å². The molecule has 98 valence electrons. The van der Waals surface area contributed by atoms with Gasteiger partial charge >= 0.3 is 0 Å². The highest BCUT2D eigenvalue weighted by atomic mass is 15.1. The van der Waals surface area contributed by atoms with Crippen LogP contribution in [0.2, 0.25) is 0 Å². The summed E-state index contributed by atoms with van der Waals surface area (Å²) in [7, 11) is 2.10. The van der Waals surface area contributed by atoms with Crippen molar-refractivity contribution in [3.05, 3.63) is 78.6 Å². The number of rotatable bonds is 2. The molecule has 1 heterocycles. The first-order valence-electron chi connectivity index (χ1n) is 6.53. The van der Waals surface area contributed by atoms with Gasteiger partial charge in [-0.1, -0.05) is 63.4 Å². The zero-order chi connectivity index (χ0) is 14.0. The Morgan fingerprint density at radius 1 is 1.05 bits per heavy atom. The average molecular weight is 251 g/mol. The highest BCUT2D eigenvalue weighted by Gasteiger charge is 2.36. The minimum atomic E-state index is -0.0356. The summed E-state index contributed by atoms with van der Waals surface area (Å²) in [5.41, 5.74) is 5.00. The highest BCUT2D eigenvalue weighted by molar-refractivity contribution is 5.71. The van der Waals surface area contributed by atoms with Crippen molar-refractivity contribution in [1.82, 2.24) is 0 Å². The van der Waals surface area contributed by atoms with E-state index in [0.29, 0.717) is 0 Å². The third-order valence-corrected chi connectivity index (χ3v) is 3.81. The molecule has 1 aliphatic heterocycles. The SMILES string of the molecule is C=CC=C1/C(=C\C=C)N(C)c2ccccc2C1(C)C. The number of hydrogen-bond acceptors (Lipinski definition) is 1. The van der Waals surface area contributed by atoms with Crippen molar-refractivity contribution in [2.24, 2.45) is 0 Å². The molecule has 0 atom stereocenters. The zero-order valence-corrected chi connectivity index (χ0v) is 12.0. The average Bonchev–Trinajstić information content (AvgIpc) is 2.40. The second kappa shape index (κ2) is 4.93. The molecular weight excluding hydrogens is 230 g/mol. The Hall–Kier alpha value is -2.02. The van der Waals surface area contributed by atoms with Crippen LogP contribution >= 0.6 is 0 Å². The normalized spacial score (nSPS) is 21.3. The standard InChI is InChI=1S/C18H21N/c1-6-10-14-16(11-7-2)19(5)17-13-9-8-12-15(17)18(14,3)4/h6-13H,1-2H2,3-5H3/b14-10?,16-11+. The lowest BCUT2D eigenvalue weighted by atomic mass is 9.72. The van der Waals surface area contributed by atoms with Gasteiger partial charge in [-0.3, -0.25) is 0 Å². The number of hydrogen-bond donors (Lipinski definition) is 0. The number of anilines is 1. The monoisotopic (exact) mass is 251 g/mol. The summed E-state index contributed by atoms with van der Waals surface area (Å²) in [6.07, 6.45) is 7.86. The van der Waals surface area contributed by atoms with Crippen molar-refractivity contribution in [3.8, 4) is 0 Å². The summed E-state index contributed by atoms with van der Waals surface area (Å²) in [5.74, 6) is 0. The van der Waals surface area contributed by atoms with Gasteiger partial charge in [0.15, 0.2) is 0 Å². The van der Waals surface area contributed by atoms with E-state index in [0.717, 1.165) is 0 Å². The van der Waals surface area contributed by atoms with Crippen molar-refractivity contribution >= 4 is 5.69 Å². The van der Waals surface area contributed by atoms with Gasteiger partial charge in [-0.25, -0.2) is 0 Å². The molecule has 1 nitrogen and oxygen atoms in total. The molecule has 0 saturated heterocycles. The second-order valence-electron chi connectivity index (χ2n) is 5.30. The first-order valence-corrected chi connectivity index (χ1v) is 6.53. The molecule has 2 rings (SSSR count). The molecule has 1 aromatic carbocycles. The Morgan fingerprint density at radius 3 is 2.32 bits per heavy atom. The molecule has 1 heteroatoms. The van der Waals surface area contributed by atoms with Crippen molar-refractivity contribution in [3.63, 3.8) is 0 Å². The largest absolute Gasteiger partial charge is 0.344 e. The smallest absolute Gasteiger partial charge is 0.0449 e. The fraction of sp³-hybridized carbons (Fsp3) is 0.222. The molecule has 0 saturated carbocycles. The predicted molar refractivity (Wildman–Crippen MR) is 84.4 cm³/mol. The molecule has 0 unspecified atom stereocenters. The molecule has 0 bridgehead atoms. The third kappa shape index (κ3) is 2.06. The second-order valence-corrected chi connectivity index (χ2v) is 5.30. The predicted octanol–water partition coefficient (Wildman–Crippen LogP) is 4.60. The van der Waals surface area contributed by atoms with Crippen LogP contribution < -0.4 is 4.90 Å². The number of benzene rings is 1. The summed E-state index contributed by atoms with van der Waals surface area (Å²) >= 11 is 0. The van der Waals surface area contributed by atoms with Gasteiger partial charge in [-0.05, 0) is 23.3 Å². The zero-order valence-electron chi connectivity index (χ0n) is 12.0. The van der Waals surface area contributed by atoms with Crippen molar-refractivity contribution in [1.29, 1.82) is 0 Å². The van der Waals surface area contributed by atoms with Crippen LogP contribution in [0.4, 0.5) is 5.69 Å². The highest BCUT2D eigenvalue weighted by Crippen LogP contribution is 2.46. The van der Waals surface area contributed by atoms with Crippen LogP contribution in [-0.2, 0) is 5.41 Å². The van der Waals surface area contributed by atoms with Gasteiger partial charge in [0.2, 0.25) is 0 Å². The minimum absolute atomic E-state index is 0.0356. The van der Waals surface area contributed by atoms with E-state index in [1.54, 1.807) is 0 Å². The molecule has 1 aliphatic rings. The number of likely N-dealkylation sites (N-methyl/N-ethyl adjacent to an activating group) is 1. The van der Waals surface area contributed by atoms with Crippen LogP contribution in [0.1, 0.15) is 19.4 Å². The number of para-hydroxylation sites is 1. The van der Waals surface area contributed by atoms with Gasteiger partial charge in [0.05, 0.1) is 0 Å². The summed E-state index contributed by atoms with van der Waals surface area (Å²) in [6.45, 7) is 12.2. The molecule has 19 heavy (non-hydrogen) atoms. The van der Waals surface area contributed by atoms with Crippen LogP contribution in [-0.4, -0.2) is 7.05 Å². The maximum atomic E-state index is 3.85. The van der Waals surface area contributed by atoms with E-state index in [2.05, 4.69) is 75.4 Å². The first kappa shape index (κ1) is 13.4. The maximum Gasteiger partial charge on any atom is 0.0449 e. The Morgan fingerprint density at radius 2 is 1.68 bits per heavy atom. The van der Waals surface area contributed by atoms with Crippen molar-refractivity contribution in [2.45, 2.75) is 19.3 Å². The Kier molecular flexibility index (Phi) is 3.48. The van der Waals surface area contributed by atoms with Crippen LogP contribution in [0.25, 0.3) is 0 Å². The van der Waals surface area contributed by atoms with E-state index in [-0.39, 0.29) is 5.41 Å². The van der Waals surface area contributed by atoms with E-state index in [1.165, 1.54) is 22.5 Å².